The van der Waals surface area contributed by atoms with Gasteiger partial charge in [-0.3, -0.25) is 4.79 Å². The molecule has 1 rings (SSSR count). The minimum atomic E-state index is -0.686. The van der Waals surface area contributed by atoms with Crippen LogP contribution in [0.25, 0.3) is 0 Å². The molecule has 0 aliphatic carbocycles. The van der Waals surface area contributed by atoms with Crippen molar-refractivity contribution < 1.29 is 9.90 Å². The second-order valence-electron chi connectivity index (χ2n) is 5.56. The monoisotopic (exact) mass is 262 g/mol. The van der Waals surface area contributed by atoms with E-state index in [-0.39, 0.29) is 0 Å². The van der Waals surface area contributed by atoms with Gasteiger partial charge < -0.3 is 5.11 Å². The molecule has 0 aliphatic rings. The summed E-state index contributed by atoms with van der Waals surface area (Å²) < 4.78 is 0. The van der Waals surface area contributed by atoms with Crippen LogP contribution in [0, 0.1) is 34.6 Å². The van der Waals surface area contributed by atoms with Gasteiger partial charge in [0.05, 0.1) is 0 Å². The highest BCUT2D eigenvalue weighted by Crippen LogP contribution is 2.27. The molecule has 106 valence electrons. The first kappa shape index (κ1) is 15.7. The first-order valence-corrected chi connectivity index (χ1v) is 7.13. The van der Waals surface area contributed by atoms with Crippen LogP contribution in [0.4, 0.5) is 0 Å². The standard InChI is InChI=1S/C17H26O2/c1-11-12(2)14(4)16(15(5)13(11)3)9-7-6-8-10-17(18)19/h6-10H2,1-5H3,(H,18,19). The highest BCUT2D eigenvalue weighted by Gasteiger charge is 2.11. The van der Waals surface area contributed by atoms with Crippen molar-refractivity contribution in [1.29, 1.82) is 0 Å². The third kappa shape index (κ3) is 3.82. The number of carbonyl (C=O) groups is 1. The average molecular weight is 262 g/mol. The molecule has 0 bridgehead atoms. The van der Waals surface area contributed by atoms with E-state index in [1.165, 1.54) is 33.4 Å². The second kappa shape index (κ2) is 6.74. The second-order valence-corrected chi connectivity index (χ2v) is 5.56. The van der Waals surface area contributed by atoms with Crippen molar-refractivity contribution in [3.05, 3.63) is 33.4 Å². The van der Waals surface area contributed by atoms with Crippen molar-refractivity contribution in [1.82, 2.24) is 0 Å². The summed E-state index contributed by atoms with van der Waals surface area (Å²) in [6.45, 7) is 11.0. The minimum absolute atomic E-state index is 0.296. The van der Waals surface area contributed by atoms with Crippen LogP contribution in [0.3, 0.4) is 0 Å². The molecule has 1 aromatic carbocycles. The first-order valence-electron chi connectivity index (χ1n) is 7.13. The summed E-state index contributed by atoms with van der Waals surface area (Å²) in [6.07, 6.45) is 4.23. The molecule has 1 aromatic rings. The van der Waals surface area contributed by atoms with Crippen molar-refractivity contribution in [3.8, 4) is 0 Å². The molecule has 0 saturated carbocycles. The highest BCUT2D eigenvalue weighted by molar-refractivity contribution is 5.66. The summed E-state index contributed by atoms with van der Waals surface area (Å²) in [6, 6.07) is 0. The van der Waals surface area contributed by atoms with E-state index in [2.05, 4.69) is 34.6 Å². The van der Waals surface area contributed by atoms with Crippen molar-refractivity contribution in [2.45, 2.75) is 66.7 Å². The predicted octanol–water partition coefficient (Wildman–Crippen LogP) is 4.42. The normalized spacial score (nSPS) is 10.8. The number of aliphatic carboxylic acids is 1. The zero-order chi connectivity index (χ0) is 14.6. The Kier molecular flexibility index (Phi) is 5.59. The molecular weight excluding hydrogens is 236 g/mol. The van der Waals surface area contributed by atoms with Gasteiger partial charge in [-0.2, -0.15) is 0 Å². The molecule has 0 radical (unpaired) electrons. The third-order valence-corrected chi connectivity index (χ3v) is 4.47. The summed E-state index contributed by atoms with van der Waals surface area (Å²) in [5, 5.41) is 8.62. The largest absolute Gasteiger partial charge is 0.481 e. The molecule has 0 heterocycles. The Morgan fingerprint density at radius 3 is 1.74 bits per heavy atom. The van der Waals surface area contributed by atoms with Crippen LogP contribution >= 0.6 is 0 Å². The van der Waals surface area contributed by atoms with E-state index >= 15 is 0 Å². The molecule has 0 aromatic heterocycles. The van der Waals surface area contributed by atoms with E-state index in [9.17, 15) is 4.79 Å². The van der Waals surface area contributed by atoms with Crippen LogP contribution < -0.4 is 0 Å². The Bertz CT molecular complexity index is 444. The quantitative estimate of drug-likeness (QED) is 0.771. The first-order chi connectivity index (χ1) is 8.86. The fourth-order valence-electron chi connectivity index (χ4n) is 2.71. The van der Waals surface area contributed by atoms with Crippen LogP contribution in [-0.2, 0) is 11.2 Å². The van der Waals surface area contributed by atoms with Gasteiger partial charge in [0.25, 0.3) is 0 Å². The molecular formula is C17H26O2. The average Bonchev–Trinajstić information content (AvgIpc) is 2.37. The van der Waals surface area contributed by atoms with Crippen molar-refractivity contribution in [3.63, 3.8) is 0 Å². The van der Waals surface area contributed by atoms with Gasteiger partial charge >= 0.3 is 5.97 Å². The van der Waals surface area contributed by atoms with Crippen LogP contribution in [0.2, 0.25) is 0 Å². The van der Waals surface area contributed by atoms with E-state index in [1.807, 2.05) is 0 Å². The van der Waals surface area contributed by atoms with Gasteiger partial charge in [-0.1, -0.05) is 6.42 Å². The molecule has 2 nitrogen and oxygen atoms in total. The lowest BCUT2D eigenvalue weighted by molar-refractivity contribution is -0.137. The van der Waals surface area contributed by atoms with Gasteiger partial charge in [0.15, 0.2) is 0 Å². The third-order valence-electron chi connectivity index (χ3n) is 4.47. The minimum Gasteiger partial charge on any atom is -0.481 e. The summed E-state index contributed by atoms with van der Waals surface area (Å²) >= 11 is 0. The maximum atomic E-state index is 10.5. The van der Waals surface area contributed by atoms with Crippen LogP contribution in [0.5, 0.6) is 0 Å². The van der Waals surface area contributed by atoms with Gasteiger partial charge in [-0.15, -0.1) is 0 Å². The zero-order valence-electron chi connectivity index (χ0n) is 12.9. The van der Waals surface area contributed by atoms with E-state index in [0.29, 0.717) is 6.42 Å². The molecule has 1 N–H and O–H groups in total. The Morgan fingerprint density at radius 1 is 0.789 bits per heavy atom. The highest BCUT2D eigenvalue weighted by atomic mass is 16.4. The number of hydrogen-bond donors (Lipinski definition) is 1. The van der Waals surface area contributed by atoms with Gasteiger partial charge in [0, 0.05) is 6.42 Å². The number of rotatable bonds is 6. The van der Waals surface area contributed by atoms with Crippen LogP contribution in [0.1, 0.15) is 59.1 Å². The predicted molar refractivity (Wildman–Crippen MR) is 79.9 cm³/mol. The Morgan fingerprint density at radius 2 is 1.26 bits per heavy atom. The molecule has 0 saturated heterocycles. The van der Waals surface area contributed by atoms with Gasteiger partial charge in [0.2, 0.25) is 0 Å². The number of hydrogen-bond acceptors (Lipinski definition) is 1. The SMILES string of the molecule is Cc1c(C)c(C)c(CCCCCC(=O)O)c(C)c1C. The fraction of sp³-hybridized carbons (Fsp3) is 0.588. The van der Waals surface area contributed by atoms with Gasteiger partial charge in [0.1, 0.15) is 0 Å². The molecule has 0 unspecified atom stereocenters. The van der Waals surface area contributed by atoms with Gasteiger partial charge in [-0.05, 0) is 87.3 Å². The van der Waals surface area contributed by atoms with Crippen molar-refractivity contribution in [2.75, 3.05) is 0 Å². The lowest BCUT2D eigenvalue weighted by atomic mass is 9.87. The summed E-state index contributed by atoms with van der Waals surface area (Å²) in [4.78, 5) is 10.5. The number of benzene rings is 1. The molecule has 19 heavy (non-hydrogen) atoms. The van der Waals surface area contributed by atoms with E-state index in [4.69, 9.17) is 5.11 Å². The van der Waals surface area contributed by atoms with Crippen molar-refractivity contribution in [2.24, 2.45) is 0 Å². The molecule has 0 atom stereocenters. The lowest BCUT2D eigenvalue weighted by Gasteiger charge is -2.18. The zero-order valence-corrected chi connectivity index (χ0v) is 12.9. The summed E-state index contributed by atoms with van der Waals surface area (Å²) in [5.74, 6) is -0.686. The van der Waals surface area contributed by atoms with E-state index in [1.54, 1.807) is 0 Å². The fourth-order valence-corrected chi connectivity index (χ4v) is 2.71. The number of carboxylic acids is 1. The Hall–Kier alpha value is -1.31. The lowest BCUT2D eigenvalue weighted by Crippen LogP contribution is -2.03. The Labute approximate surface area is 116 Å². The Balaban J connectivity index is 2.71. The molecule has 0 aliphatic heterocycles. The van der Waals surface area contributed by atoms with E-state index in [0.717, 1.165) is 25.7 Å². The smallest absolute Gasteiger partial charge is 0.303 e. The summed E-state index contributed by atoms with van der Waals surface area (Å²) in [7, 11) is 0. The molecule has 2 heteroatoms. The van der Waals surface area contributed by atoms with Gasteiger partial charge in [-0.25, -0.2) is 0 Å². The molecule has 0 spiro atoms. The number of carboxylic acid groups (broad SMARTS) is 1. The molecule has 0 fully saturated rings. The summed E-state index contributed by atoms with van der Waals surface area (Å²) in [5.41, 5.74) is 8.52. The maximum Gasteiger partial charge on any atom is 0.303 e. The van der Waals surface area contributed by atoms with Crippen LogP contribution in [-0.4, -0.2) is 11.1 Å². The topological polar surface area (TPSA) is 37.3 Å². The van der Waals surface area contributed by atoms with E-state index < -0.39 is 5.97 Å². The van der Waals surface area contributed by atoms with Crippen LogP contribution in [0.15, 0.2) is 0 Å². The number of unbranched alkanes of at least 4 members (excludes halogenated alkanes) is 2. The maximum absolute atomic E-state index is 10.5. The van der Waals surface area contributed by atoms with Crippen molar-refractivity contribution >= 4 is 5.97 Å². The molecule has 0 amide bonds.